The van der Waals surface area contributed by atoms with Crippen LogP contribution in [0.2, 0.25) is 0 Å². The molecule has 0 aromatic rings. The molecule has 3 N–H and O–H groups in total. The smallest absolute Gasteiger partial charge is 0.342 e. The molecular weight excluding hydrogens is 199 g/mol. The highest BCUT2D eigenvalue weighted by Gasteiger charge is 2.18. The lowest BCUT2D eigenvalue weighted by molar-refractivity contribution is -0.135. The van der Waals surface area contributed by atoms with Crippen LogP contribution in [-0.4, -0.2) is 35.4 Å². The van der Waals surface area contributed by atoms with Gasteiger partial charge < -0.3 is 10.00 Å². The standard InChI is InChI=1S/C5H9N2O5P/c6-1-2-12-13(10,11)4-7-3-5(8)9/h7H,2-4H2,(H,8,9)(H,10,11). The second kappa shape index (κ2) is 5.67. The number of hydrogen-bond acceptors (Lipinski definition) is 5. The summed E-state index contributed by atoms with van der Waals surface area (Å²) >= 11 is 0. The van der Waals surface area contributed by atoms with Gasteiger partial charge in [0.25, 0.3) is 0 Å². The van der Waals surface area contributed by atoms with E-state index in [2.05, 4.69) is 9.84 Å². The number of carboxylic acid groups (broad SMARTS) is 1. The maximum absolute atomic E-state index is 10.9. The molecule has 0 heterocycles. The van der Waals surface area contributed by atoms with Crippen molar-refractivity contribution in [2.24, 2.45) is 0 Å². The van der Waals surface area contributed by atoms with Crippen LogP contribution in [0, 0.1) is 11.3 Å². The van der Waals surface area contributed by atoms with Crippen LogP contribution in [0.25, 0.3) is 0 Å². The Morgan fingerprint density at radius 1 is 1.69 bits per heavy atom. The molecule has 0 radical (unpaired) electrons. The lowest BCUT2D eigenvalue weighted by atomic mass is 10.7. The van der Waals surface area contributed by atoms with E-state index in [4.69, 9.17) is 15.3 Å². The number of carboxylic acids is 1. The van der Waals surface area contributed by atoms with Gasteiger partial charge in [-0.05, 0) is 0 Å². The molecular formula is C5H9N2O5P. The second-order valence-corrected chi connectivity index (χ2v) is 3.90. The molecule has 13 heavy (non-hydrogen) atoms. The zero-order valence-electron chi connectivity index (χ0n) is 6.63. The molecule has 0 fully saturated rings. The largest absolute Gasteiger partial charge is 0.480 e. The molecule has 0 aliphatic heterocycles. The highest BCUT2D eigenvalue weighted by Crippen LogP contribution is 2.39. The summed E-state index contributed by atoms with van der Waals surface area (Å²) in [6.07, 6.45) is -0.485. The number of nitrogens with zero attached hydrogens (tertiary/aromatic N) is 1. The van der Waals surface area contributed by atoms with E-state index >= 15 is 0 Å². The van der Waals surface area contributed by atoms with Crippen molar-refractivity contribution in [2.45, 2.75) is 0 Å². The predicted octanol–water partition coefficient (Wildman–Crippen LogP) is -0.656. The molecule has 0 aliphatic carbocycles. The monoisotopic (exact) mass is 208 g/mol. The maximum atomic E-state index is 10.9. The number of nitriles is 1. The van der Waals surface area contributed by atoms with Crippen LogP contribution in [0.5, 0.6) is 0 Å². The summed E-state index contributed by atoms with van der Waals surface area (Å²) in [4.78, 5) is 18.9. The van der Waals surface area contributed by atoms with Crippen molar-refractivity contribution in [1.29, 1.82) is 5.26 Å². The molecule has 8 heteroatoms. The van der Waals surface area contributed by atoms with Gasteiger partial charge in [0.2, 0.25) is 0 Å². The molecule has 0 bridgehead atoms. The topological polar surface area (TPSA) is 120 Å². The molecule has 0 spiro atoms. The van der Waals surface area contributed by atoms with Crippen LogP contribution in [0.3, 0.4) is 0 Å². The molecule has 74 valence electrons. The van der Waals surface area contributed by atoms with Gasteiger partial charge in [0, 0.05) is 0 Å². The third kappa shape index (κ3) is 7.43. The van der Waals surface area contributed by atoms with E-state index in [1.54, 1.807) is 0 Å². The summed E-state index contributed by atoms with van der Waals surface area (Å²) in [7, 11) is -3.86. The predicted molar refractivity (Wildman–Crippen MR) is 41.9 cm³/mol. The third-order valence-electron chi connectivity index (χ3n) is 0.919. The first-order valence-corrected chi connectivity index (χ1v) is 5.00. The van der Waals surface area contributed by atoms with Gasteiger partial charge in [-0.15, -0.1) is 0 Å². The fraction of sp³-hybridized carbons (Fsp3) is 0.600. The summed E-state index contributed by atoms with van der Waals surface area (Å²) < 4.78 is 15.1. The lowest BCUT2D eigenvalue weighted by Gasteiger charge is -2.09. The highest BCUT2D eigenvalue weighted by molar-refractivity contribution is 7.52. The Morgan fingerprint density at radius 2 is 2.31 bits per heavy atom. The van der Waals surface area contributed by atoms with Crippen molar-refractivity contribution in [3.05, 3.63) is 0 Å². The molecule has 1 atom stereocenters. The Balaban J connectivity index is 3.70. The maximum Gasteiger partial charge on any atom is 0.342 e. The van der Waals surface area contributed by atoms with Crippen molar-refractivity contribution in [3.8, 4) is 6.07 Å². The summed E-state index contributed by atoms with van der Waals surface area (Å²) in [6, 6.07) is 1.52. The molecule has 1 unspecified atom stereocenters. The molecule has 0 saturated carbocycles. The molecule has 0 aliphatic rings. The SMILES string of the molecule is N#CCOP(=O)(O)CNCC(=O)O. The molecule has 0 aromatic carbocycles. The van der Waals surface area contributed by atoms with E-state index in [9.17, 15) is 9.36 Å². The van der Waals surface area contributed by atoms with Gasteiger partial charge >= 0.3 is 13.6 Å². The Morgan fingerprint density at radius 3 is 2.77 bits per heavy atom. The van der Waals surface area contributed by atoms with Crippen LogP contribution >= 0.6 is 7.60 Å². The average Bonchev–Trinajstić information content (AvgIpc) is 2.00. The van der Waals surface area contributed by atoms with Crippen LogP contribution in [-0.2, 0) is 13.9 Å². The quantitative estimate of drug-likeness (QED) is 0.495. The summed E-state index contributed by atoms with van der Waals surface area (Å²) in [5.74, 6) is -1.14. The van der Waals surface area contributed by atoms with Gasteiger partial charge in [-0.3, -0.25) is 19.2 Å². The van der Waals surface area contributed by atoms with Crippen LogP contribution in [0.15, 0.2) is 0 Å². The first-order valence-electron chi connectivity index (χ1n) is 3.24. The van der Waals surface area contributed by atoms with E-state index < -0.39 is 33.0 Å². The molecule has 0 saturated heterocycles. The number of rotatable bonds is 6. The van der Waals surface area contributed by atoms with Crippen molar-refractivity contribution in [1.82, 2.24) is 5.32 Å². The van der Waals surface area contributed by atoms with Crippen molar-refractivity contribution < 1.29 is 23.9 Å². The summed E-state index contributed by atoms with van der Waals surface area (Å²) in [6.45, 7) is -0.928. The van der Waals surface area contributed by atoms with Crippen molar-refractivity contribution >= 4 is 13.6 Å². The Kier molecular flexibility index (Phi) is 5.26. The van der Waals surface area contributed by atoms with Gasteiger partial charge in [0.05, 0.1) is 18.9 Å². The minimum absolute atomic E-state index is 0.430. The fourth-order valence-electron chi connectivity index (χ4n) is 0.479. The average molecular weight is 208 g/mol. The molecule has 0 amide bonds. The van der Waals surface area contributed by atoms with E-state index in [-0.39, 0.29) is 0 Å². The van der Waals surface area contributed by atoms with Crippen LogP contribution < -0.4 is 5.32 Å². The molecule has 7 nitrogen and oxygen atoms in total. The third-order valence-corrected chi connectivity index (χ3v) is 2.07. The minimum Gasteiger partial charge on any atom is -0.480 e. The Bertz CT molecular complexity index is 260. The van der Waals surface area contributed by atoms with Gasteiger partial charge in [0.1, 0.15) is 6.61 Å². The Labute approximate surface area is 74.5 Å². The number of hydrogen-bond donors (Lipinski definition) is 3. The normalized spacial score (nSPS) is 14.5. The van der Waals surface area contributed by atoms with Gasteiger partial charge in [-0.25, -0.2) is 0 Å². The zero-order valence-corrected chi connectivity index (χ0v) is 7.53. The minimum atomic E-state index is -3.86. The van der Waals surface area contributed by atoms with Gasteiger partial charge in [0.15, 0.2) is 0 Å². The van der Waals surface area contributed by atoms with Crippen molar-refractivity contribution in [2.75, 3.05) is 19.4 Å². The summed E-state index contributed by atoms with van der Waals surface area (Å²) in [5, 5.41) is 18.4. The van der Waals surface area contributed by atoms with Crippen LogP contribution in [0.4, 0.5) is 0 Å². The lowest BCUT2D eigenvalue weighted by Crippen LogP contribution is -2.23. The number of nitrogens with one attached hydrogen (secondary N) is 1. The number of aliphatic carboxylic acids is 1. The van der Waals surface area contributed by atoms with E-state index in [1.807, 2.05) is 0 Å². The Hall–Kier alpha value is -0.930. The van der Waals surface area contributed by atoms with E-state index in [0.29, 0.717) is 0 Å². The van der Waals surface area contributed by atoms with Gasteiger partial charge in [-0.1, -0.05) is 0 Å². The second-order valence-electron chi connectivity index (χ2n) is 2.05. The van der Waals surface area contributed by atoms with Crippen LogP contribution in [0.1, 0.15) is 0 Å². The molecule has 0 rings (SSSR count). The first-order chi connectivity index (χ1) is 5.98. The number of carbonyl (C=O) groups is 1. The van der Waals surface area contributed by atoms with E-state index in [1.165, 1.54) is 6.07 Å². The van der Waals surface area contributed by atoms with Gasteiger partial charge in [-0.2, -0.15) is 5.26 Å². The van der Waals surface area contributed by atoms with Crippen molar-refractivity contribution in [3.63, 3.8) is 0 Å². The molecule has 0 aromatic heterocycles. The highest BCUT2D eigenvalue weighted by atomic mass is 31.2. The fourth-order valence-corrected chi connectivity index (χ4v) is 1.22. The summed E-state index contributed by atoms with van der Waals surface area (Å²) in [5.41, 5.74) is 0. The first kappa shape index (κ1) is 12.1. The van der Waals surface area contributed by atoms with E-state index in [0.717, 1.165) is 0 Å². The zero-order chi connectivity index (χ0) is 10.3.